The van der Waals surface area contributed by atoms with Crippen LogP contribution in [0.5, 0.6) is 11.5 Å². The summed E-state index contributed by atoms with van der Waals surface area (Å²) in [5.74, 6) is 0.565. The third-order valence-corrected chi connectivity index (χ3v) is 4.49. The van der Waals surface area contributed by atoms with Gasteiger partial charge in [-0.3, -0.25) is 9.69 Å². The number of hydrogen-bond acceptors (Lipinski definition) is 7. The molecule has 0 aromatic heterocycles. The molecule has 1 aromatic rings. The summed E-state index contributed by atoms with van der Waals surface area (Å²) in [5, 5.41) is 0. The summed E-state index contributed by atoms with van der Waals surface area (Å²) < 4.78 is 21.8. The Morgan fingerprint density at radius 2 is 2.00 bits per heavy atom. The Hall–Kier alpha value is -2.28. The second-order valence-electron chi connectivity index (χ2n) is 6.42. The van der Waals surface area contributed by atoms with Gasteiger partial charge in [-0.25, -0.2) is 4.79 Å². The van der Waals surface area contributed by atoms with Crippen molar-refractivity contribution in [2.24, 2.45) is 0 Å². The SMILES string of the molecule is CCCOC(=O)c1cc2c(c(OC)c1)OCN(C(CC)COC(=O)CC)C2. The summed E-state index contributed by atoms with van der Waals surface area (Å²) in [7, 11) is 1.55. The van der Waals surface area contributed by atoms with Crippen LogP contribution in [0.2, 0.25) is 0 Å². The second-order valence-corrected chi connectivity index (χ2v) is 6.42. The van der Waals surface area contributed by atoms with Gasteiger partial charge in [0.25, 0.3) is 0 Å². The average molecular weight is 379 g/mol. The molecule has 1 heterocycles. The Bertz CT molecular complexity index is 660. The largest absolute Gasteiger partial charge is 0.493 e. The van der Waals surface area contributed by atoms with Crippen LogP contribution in [0.4, 0.5) is 0 Å². The molecule has 0 amide bonds. The van der Waals surface area contributed by atoms with Gasteiger partial charge < -0.3 is 18.9 Å². The van der Waals surface area contributed by atoms with E-state index in [4.69, 9.17) is 18.9 Å². The smallest absolute Gasteiger partial charge is 0.338 e. The van der Waals surface area contributed by atoms with E-state index in [1.807, 2.05) is 13.8 Å². The first kappa shape index (κ1) is 21.0. The molecule has 1 unspecified atom stereocenters. The van der Waals surface area contributed by atoms with E-state index in [2.05, 4.69) is 4.90 Å². The van der Waals surface area contributed by atoms with Crippen LogP contribution in [0.25, 0.3) is 0 Å². The quantitative estimate of drug-likeness (QED) is 0.610. The van der Waals surface area contributed by atoms with Crippen LogP contribution < -0.4 is 9.47 Å². The van der Waals surface area contributed by atoms with Crippen LogP contribution >= 0.6 is 0 Å². The van der Waals surface area contributed by atoms with Gasteiger partial charge in [-0.1, -0.05) is 20.8 Å². The molecule has 7 heteroatoms. The van der Waals surface area contributed by atoms with Crippen molar-refractivity contribution in [3.63, 3.8) is 0 Å². The third-order valence-electron chi connectivity index (χ3n) is 4.49. The molecular weight excluding hydrogens is 350 g/mol. The lowest BCUT2D eigenvalue weighted by molar-refractivity contribution is -0.145. The van der Waals surface area contributed by atoms with Crippen molar-refractivity contribution in [2.45, 2.75) is 52.6 Å². The highest BCUT2D eigenvalue weighted by Crippen LogP contribution is 2.37. The number of ether oxygens (including phenoxy) is 4. The Balaban J connectivity index is 2.18. The fourth-order valence-electron chi connectivity index (χ4n) is 2.91. The van der Waals surface area contributed by atoms with Crippen LogP contribution in [0.15, 0.2) is 12.1 Å². The first-order chi connectivity index (χ1) is 13.0. The molecule has 0 saturated carbocycles. The van der Waals surface area contributed by atoms with Crippen molar-refractivity contribution in [2.75, 3.05) is 27.1 Å². The molecule has 0 saturated heterocycles. The Morgan fingerprint density at radius 1 is 1.22 bits per heavy atom. The average Bonchev–Trinajstić information content (AvgIpc) is 2.70. The van der Waals surface area contributed by atoms with E-state index in [1.165, 1.54) is 0 Å². The first-order valence-electron chi connectivity index (χ1n) is 9.44. The lowest BCUT2D eigenvalue weighted by Crippen LogP contribution is -2.43. The number of fused-ring (bicyclic) bond motifs is 1. The fraction of sp³-hybridized carbons (Fsp3) is 0.600. The van der Waals surface area contributed by atoms with Crippen molar-refractivity contribution in [3.05, 3.63) is 23.3 Å². The molecule has 7 nitrogen and oxygen atoms in total. The number of carbonyl (C=O) groups excluding carboxylic acids is 2. The maximum Gasteiger partial charge on any atom is 0.338 e. The predicted molar refractivity (Wildman–Crippen MR) is 99.9 cm³/mol. The number of carbonyl (C=O) groups is 2. The van der Waals surface area contributed by atoms with E-state index in [0.29, 0.717) is 50.0 Å². The lowest BCUT2D eigenvalue weighted by atomic mass is 10.1. The predicted octanol–water partition coefficient (Wildman–Crippen LogP) is 3.15. The first-order valence-corrected chi connectivity index (χ1v) is 9.44. The van der Waals surface area contributed by atoms with Crippen LogP contribution in [-0.4, -0.2) is 49.9 Å². The van der Waals surface area contributed by atoms with Gasteiger partial charge in [-0.2, -0.15) is 0 Å². The van der Waals surface area contributed by atoms with E-state index < -0.39 is 0 Å². The number of rotatable bonds is 9. The molecule has 1 aliphatic rings. The molecule has 0 bridgehead atoms. The highest BCUT2D eigenvalue weighted by Gasteiger charge is 2.28. The van der Waals surface area contributed by atoms with Gasteiger partial charge in [-0.15, -0.1) is 0 Å². The zero-order valence-corrected chi connectivity index (χ0v) is 16.6. The number of methoxy groups -OCH3 is 1. The number of hydrogen-bond donors (Lipinski definition) is 0. The van der Waals surface area contributed by atoms with Gasteiger partial charge in [0, 0.05) is 24.6 Å². The third kappa shape index (κ3) is 5.35. The van der Waals surface area contributed by atoms with E-state index in [0.717, 1.165) is 18.4 Å². The minimum absolute atomic E-state index is 0.0374. The summed E-state index contributed by atoms with van der Waals surface area (Å²) in [6, 6.07) is 3.47. The summed E-state index contributed by atoms with van der Waals surface area (Å²) in [4.78, 5) is 25.8. The van der Waals surface area contributed by atoms with Crippen molar-refractivity contribution >= 4 is 11.9 Å². The molecule has 0 radical (unpaired) electrons. The number of esters is 2. The van der Waals surface area contributed by atoms with Crippen molar-refractivity contribution in [1.82, 2.24) is 4.90 Å². The van der Waals surface area contributed by atoms with Gasteiger partial charge in [0.1, 0.15) is 13.3 Å². The molecule has 150 valence electrons. The second kappa shape index (κ2) is 10.2. The summed E-state index contributed by atoms with van der Waals surface area (Å²) in [6.07, 6.45) is 1.93. The molecule has 2 rings (SSSR count). The molecule has 27 heavy (non-hydrogen) atoms. The molecule has 0 aliphatic carbocycles. The summed E-state index contributed by atoms with van der Waals surface area (Å²) >= 11 is 0. The maximum atomic E-state index is 12.2. The van der Waals surface area contributed by atoms with Crippen LogP contribution in [0.3, 0.4) is 0 Å². The maximum absolute atomic E-state index is 12.2. The van der Waals surface area contributed by atoms with Gasteiger partial charge in [0.2, 0.25) is 0 Å². The topological polar surface area (TPSA) is 74.3 Å². The lowest BCUT2D eigenvalue weighted by Gasteiger charge is -2.35. The minimum atomic E-state index is -0.376. The Morgan fingerprint density at radius 3 is 2.63 bits per heavy atom. The van der Waals surface area contributed by atoms with E-state index in [-0.39, 0.29) is 18.0 Å². The van der Waals surface area contributed by atoms with Crippen molar-refractivity contribution < 1.29 is 28.5 Å². The minimum Gasteiger partial charge on any atom is -0.493 e. The normalized spacial score (nSPS) is 14.7. The molecule has 1 aliphatic heterocycles. The monoisotopic (exact) mass is 379 g/mol. The van der Waals surface area contributed by atoms with Crippen LogP contribution in [0, 0.1) is 0 Å². The van der Waals surface area contributed by atoms with Gasteiger partial charge >= 0.3 is 11.9 Å². The summed E-state index contributed by atoms with van der Waals surface area (Å²) in [6.45, 7) is 7.39. The van der Waals surface area contributed by atoms with E-state index in [9.17, 15) is 9.59 Å². The molecular formula is C20H29NO6. The van der Waals surface area contributed by atoms with Gasteiger partial charge in [0.15, 0.2) is 11.5 Å². The molecule has 0 N–H and O–H groups in total. The molecule has 0 spiro atoms. The Labute approximate surface area is 160 Å². The number of nitrogens with zero attached hydrogens (tertiary/aromatic N) is 1. The number of benzene rings is 1. The Kier molecular flexibility index (Phi) is 7.91. The van der Waals surface area contributed by atoms with Crippen molar-refractivity contribution in [1.29, 1.82) is 0 Å². The molecule has 0 fully saturated rings. The highest BCUT2D eigenvalue weighted by molar-refractivity contribution is 5.90. The van der Waals surface area contributed by atoms with Gasteiger partial charge in [-0.05, 0) is 25.0 Å². The zero-order chi connectivity index (χ0) is 19.8. The van der Waals surface area contributed by atoms with E-state index >= 15 is 0 Å². The zero-order valence-electron chi connectivity index (χ0n) is 16.6. The standard InChI is InChI=1S/C20H29NO6/c1-5-8-25-20(23)14-9-15-11-21(13-27-19(15)17(10-14)24-4)16(6-2)12-26-18(22)7-3/h9-10,16H,5-8,11-13H2,1-4H3. The molecule has 1 aromatic carbocycles. The van der Waals surface area contributed by atoms with Crippen molar-refractivity contribution in [3.8, 4) is 11.5 Å². The highest BCUT2D eigenvalue weighted by atomic mass is 16.5. The van der Waals surface area contributed by atoms with Gasteiger partial charge in [0.05, 0.1) is 19.3 Å². The van der Waals surface area contributed by atoms with E-state index in [1.54, 1.807) is 26.2 Å². The molecule has 1 atom stereocenters. The fourth-order valence-corrected chi connectivity index (χ4v) is 2.91. The van der Waals surface area contributed by atoms with Crippen LogP contribution in [0.1, 0.15) is 56.0 Å². The van der Waals surface area contributed by atoms with Crippen LogP contribution in [-0.2, 0) is 20.8 Å². The summed E-state index contributed by atoms with van der Waals surface area (Å²) in [5.41, 5.74) is 1.29.